The van der Waals surface area contributed by atoms with Gasteiger partial charge in [-0.25, -0.2) is 0 Å². The molecule has 24 heavy (non-hydrogen) atoms. The first-order chi connectivity index (χ1) is 11.7. The van der Waals surface area contributed by atoms with Crippen LogP contribution in [0.4, 0.5) is 0 Å². The van der Waals surface area contributed by atoms with E-state index < -0.39 is 0 Å². The lowest BCUT2D eigenvalue weighted by atomic mass is 9.83. The van der Waals surface area contributed by atoms with Gasteiger partial charge in [0.25, 0.3) is 0 Å². The Morgan fingerprint density at radius 2 is 0.875 bits per heavy atom. The van der Waals surface area contributed by atoms with E-state index in [1.165, 1.54) is 25.7 Å². The predicted octanol–water partition coefficient (Wildman–Crippen LogP) is 4.79. The highest BCUT2D eigenvalue weighted by Crippen LogP contribution is 2.29. The second-order valence-corrected chi connectivity index (χ2v) is 7.58. The Balaban J connectivity index is 1.73. The van der Waals surface area contributed by atoms with Crippen LogP contribution in [0.25, 0.3) is 0 Å². The van der Waals surface area contributed by atoms with Gasteiger partial charge in [0.2, 0.25) is 0 Å². The van der Waals surface area contributed by atoms with Gasteiger partial charge in [-0.15, -0.1) is 0 Å². The lowest BCUT2D eigenvalue weighted by molar-refractivity contribution is -0.147. The third-order valence-corrected chi connectivity index (χ3v) is 5.44. The van der Waals surface area contributed by atoms with Crippen molar-refractivity contribution in [2.45, 2.75) is 89.9 Å². The minimum atomic E-state index is -0.0274. The van der Waals surface area contributed by atoms with Gasteiger partial charge in [-0.3, -0.25) is 9.59 Å². The fraction of sp³-hybridized carbons (Fsp3) is 0.900. The maximum atomic E-state index is 11.8. The van der Waals surface area contributed by atoms with E-state index in [0.717, 1.165) is 51.4 Å². The Hall–Kier alpha value is -1.06. The Bertz CT molecular complexity index is 336. The van der Waals surface area contributed by atoms with Gasteiger partial charge in [-0.05, 0) is 50.4 Å². The molecule has 0 amide bonds. The van der Waals surface area contributed by atoms with Gasteiger partial charge in [-0.2, -0.15) is 0 Å². The van der Waals surface area contributed by atoms with E-state index in [1.54, 1.807) is 0 Å². The second kappa shape index (κ2) is 11.5. The molecule has 4 nitrogen and oxygen atoms in total. The van der Waals surface area contributed by atoms with E-state index >= 15 is 0 Å². The molecule has 1 aliphatic carbocycles. The monoisotopic (exact) mass is 338 g/mol. The minimum absolute atomic E-state index is 0.0274. The molecule has 0 radical (unpaired) electrons. The van der Waals surface area contributed by atoms with Crippen LogP contribution in [0.15, 0.2) is 0 Å². The molecule has 3 rings (SSSR count). The predicted molar refractivity (Wildman–Crippen MR) is 93.5 cm³/mol. The molecule has 4 heteroatoms. The van der Waals surface area contributed by atoms with Gasteiger partial charge in [0.05, 0.1) is 13.2 Å². The van der Waals surface area contributed by atoms with Crippen molar-refractivity contribution in [3.63, 3.8) is 0 Å². The second-order valence-electron chi connectivity index (χ2n) is 7.58. The summed E-state index contributed by atoms with van der Waals surface area (Å²) in [6, 6.07) is 0. The SMILES string of the molecule is O=C1CCCCCCCCCCC(=O)OCC2CCC(CC2)CO1. The van der Waals surface area contributed by atoms with Crippen molar-refractivity contribution >= 4 is 11.9 Å². The van der Waals surface area contributed by atoms with Crippen LogP contribution in [0, 0.1) is 11.8 Å². The average Bonchev–Trinajstić information content (AvgIpc) is 2.60. The van der Waals surface area contributed by atoms with Crippen LogP contribution < -0.4 is 0 Å². The Morgan fingerprint density at radius 1 is 0.542 bits per heavy atom. The average molecular weight is 338 g/mol. The first-order valence-electron chi connectivity index (χ1n) is 10.1. The quantitative estimate of drug-likeness (QED) is 0.596. The van der Waals surface area contributed by atoms with Gasteiger partial charge in [0.15, 0.2) is 0 Å². The maximum Gasteiger partial charge on any atom is 0.305 e. The Kier molecular flexibility index (Phi) is 9.22. The summed E-state index contributed by atoms with van der Waals surface area (Å²) in [5.41, 5.74) is 0. The van der Waals surface area contributed by atoms with Crippen LogP contribution in [0.5, 0.6) is 0 Å². The van der Waals surface area contributed by atoms with Crippen LogP contribution >= 0.6 is 0 Å². The van der Waals surface area contributed by atoms with Crippen molar-refractivity contribution in [2.75, 3.05) is 13.2 Å². The van der Waals surface area contributed by atoms with Crippen molar-refractivity contribution < 1.29 is 19.1 Å². The van der Waals surface area contributed by atoms with E-state index in [1.807, 2.05) is 0 Å². The van der Waals surface area contributed by atoms with Gasteiger partial charge in [-0.1, -0.05) is 38.5 Å². The molecule has 0 atom stereocenters. The summed E-state index contributed by atoms with van der Waals surface area (Å²) in [4.78, 5) is 23.6. The van der Waals surface area contributed by atoms with Crippen LogP contribution in [0.1, 0.15) is 89.9 Å². The third-order valence-electron chi connectivity index (χ3n) is 5.44. The largest absolute Gasteiger partial charge is 0.465 e. The van der Waals surface area contributed by atoms with Gasteiger partial charge in [0, 0.05) is 12.8 Å². The fourth-order valence-electron chi connectivity index (χ4n) is 3.73. The zero-order chi connectivity index (χ0) is 17.0. The topological polar surface area (TPSA) is 52.6 Å². The van der Waals surface area contributed by atoms with Gasteiger partial charge in [0.1, 0.15) is 0 Å². The number of hydrogen-bond donors (Lipinski definition) is 0. The first-order valence-corrected chi connectivity index (χ1v) is 10.1. The molecule has 2 heterocycles. The standard InChI is InChI=1S/C20H34O4/c21-19-9-7-5-3-1-2-4-6-8-10-20(22)24-16-18-13-11-17(12-14-18)15-23-19/h17-18H,1-16H2. The molecule has 0 N–H and O–H groups in total. The minimum Gasteiger partial charge on any atom is -0.465 e. The highest BCUT2D eigenvalue weighted by Gasteiger charge is 2.23. The normalized spacial score (nSPS) is 29.5. The molecule has 138 valence electrons. The van der Waals surface area contributed by atoms with Crippen molar-refractivity contribution in [1.82, 2.24) is 0 Å². The van der Waals surface area contributed by atoms with Crippen LogP contribution in [-0.4, -0.2) is 25.2 Å². The van der Waals surface area contributed by atoms with Crippen molar-refractivity contribution in [3.8, 4) is 0 Å². The lowest BCUT2D eigenvalue weighted by Gasteiger charge is -2.27. The summed E-state index contributed by atoms with van der Waals surface area (Å²) in [6.07, 6.45) is 14.5. The summed E-state index contributed by atoms with van der Waals surface area (Å²) in [5.74, 6) is 0.930. The van der Waals surface area contributed by atoms with E-state index in [9.17, 15) is 9.59 Å². The lowest BCUT2D eigenvalue weighted by Crippen LogP contribution is -2.23. The van der Waals surface area contributed by atoms with Crippen molar-refractivity contribution in [2.24, 2.45) is 11.8 Å². The molecular weight excluding hydrogens is 304 g/mol. The summed E-state index contributed by atoms with van der Waals surface area (Å²) in [7, 11) is 0. The summed E-state index contributed by atoms with van der Waals surface area (Å²) in [5, 5.41) is 0. The number of carbonyl (C=O) groups excluding carboxylic acids is 2. The zero-order valence-electron chi connectivity index (χ0n) is 15.1. The molecule has 2 saturated heterocycles. The molecule has 3 aliphatic rings. The first kappa shape index (κ1) is 19.3. The number of rotatable bonds is 0. The van der Waals surface area contributed by atoms with E-state index in [-0.39, 0.29) is 11.9 Å². The molecule has 0 spiro atoms. The number of esters is 2. The smallest absolute Gasteiger partial charge is 0.305 e. The zero-order valence-corrected chi connectivity index (χ0v) is 15.1. The number of fused-ring (bicyclic) bond motifs is 17. The van der Waals surface area contributed by atoms with Crippen molar-refractivity contribution in [3.05, 3.63) is 0 Å². The summed E-state index contributed by atoms with van der Waals surface area (Å²) < 4.78 is 10.9. The summed E-state index contributed by atoms with van der Waals surface area (Å²) >= 11 is 0. The molecule has 2 bridgehead atoms. The van der Waals surface area contributed by atoms with Crippen molar-refractivity contribution in [1.29, 1.82) is 0 Å². The molecule has 0 aromatic heterocycles. The molecule has 1 saturated carbocycles. The highest BCUT2D eigenvalue weighted by atomic mass is 16.5. The number of carbonyl (C=O) groups is 2. The third kappa shape index (κ3) is 8.16. The highest BCUT2D eigenvalue weighted by molar-refractivity contribution is 5.69. The fourth-order valence-corrected chi connectivity index (χ4v) is 3.73. The Labute approximate surface area is 146 Å². The number of ether oxygens (including phenoxy) is 2. The Morgan fingerprint density at radius 3 is 1.25 bits per heavy atom. The molecule has 3 fully saturated rings. The van der Waals surface area contributed by atoms with Crippen LogP contribution in [0.3, 0.4) is 0 Å². The van der Waals surface area contributed by atoms with E-state index in [2.05, 4.69) is 0 Å². The van der Waals surface area contributed by atoms with E-state index in [0.29, 0.717) is 37.9 Å². The molecule has 0 aromatic rings. The molecular formula is C20H34O4. The van der Waals surface area contributed by atoms with Gasteiger partial charge < -0.3 is 9.47 Å². The molecule has 2 aliphatic heterocycles. The summed E-state index contributed by atoms with van der Waals surface area (Å²) in [6.45, 7) is 1.15. The van der Waals surface area contributed by atoms with E-state index in [4.69, 9.17) is 9.47 Å². The van der Waals surface area contributed by atoms with Gasteiger partial charge >= 0.3 is 11.9 Å². The van der Waals surface area contributed by atoms with Crippen LogP contribution in [0.2, 0.25) is 0 Å². The van der Waals surface area contributed by atoms with Crippen LogP contribution in [-0.2, 0) is 19.1 Å². The number of hydrogen-bond acceptors (Lipinski definition) is 4. The molecule has 0 aromatic carbocycles. The maximum absolute atomic E-state index is 11.8. The molecule has 0 unspecified atom stereocenters.